The SMILES string of the molecule is CCCC(CC)n1c(Cl)nnc1C(C)(C)C. The average Bonchev–Trinajstić information content (AvgIpc) is 2.56. The molecule has 1 atom stereocenters. The Morgan fingerprint density at radius 3 is 2.31 bits per heavy atom. The number of aromatic nitrogens is 3. The van der Waals surface area contributed by atoms with Crippen LogP contribution in [0.3, 0.4) is 0 Å². The summed E-state index contributed by atoms with van der Waals surface area (Å²) in [5, 5.41) is 8.75. The lowest BCUT2D eigenvalue weighted by Gasteiger charge is -2.24. The van der Waals surface area contributed by atoms with Crippen molar-refractivity contribution in [3.8, 4) is 0 Å². The third kappa shape index (κ3) is 2.76. The van der Waals surface area contributed by atoms with Gasteiger partial charge in [0.2, 0.25) is 5.28 Å². The van der Waals surface area contributed by atoms with Gasteiger partial charge >= 0.3 is 0 Å². The maximum absolute atomic E-state index is 6.15. The molecule has 0 aliphatic heterocycles. The van der Waals surface area contributed by atoms with Gasteiger partial charge in [-0.3, -0.25) is 4.57 Å². The molecule has 0 bridgehead atoms. The van der Waals surface area contributed by atoms with E-state index in [2.05, 4.69) is 49.4 Å². The van der Waals surface area contributed by atoms with Gasteiger partial charge in [0.25, 0.3) is 0 Å². The van der Waals surface area contributed by atoms with Crippen LogP contribution in [0.2, 0.25) is 5.28 Å². The van der Waals surface area contributed by atoms with Gasteiger partial charge in [-0.25, -0.2) is 0 Å². The van der Waals surface area contributed by atoms with E-state index in [0.717, 1.165) is 25.1 Å². The second kappa shape index (κ2) is 5.17. The molecule has 0 N–H and O–H groups in total. The first-order valence-electron chi connectivity index (χ1n) is 6.02. The average molecular weight is 244 g/mol. The third-order valence-corrected chi connectivity index (χ3v) is 3.04. The van der Waals surface area contributed by atoms with E-state index >= 15 is 0 Å². The molecule has 92 valence electrons. The van der Waals surface area contributed by atoms with Gasteiger partial charge in [-0.05, 0) is 24.4 Å². The Labute approximate surface area is 103 Å². The molecule has 3 nitrogen and oxygen atoms in total. The number of nitrogens with zero attached hydrogens (tertiary/aromatic N) is 3. The smallest absolute Gasteiger partial charge is 0.225 e. The van der Waals surface area contributed by atoms with Crippen LogP contribution in [0.25, 0.3) is 0 Å². The first-order valence-corrected chi connectivity index (χ1v) is 6.40. The maximum atomic E-state index is 6.15. The van der Waals surface area contributed by atoms with Crippen molar-refractivity contribution in [2.24, 2.45) is 0 Å². The van der Waals surface area contributed by atoms with E-state index in [1.807, 2.05) is 0 Å². The molecule has 1 rings (SSSR count). The standard InChI is InChI=1S/C12H22ClN3/c1-6-8-9(7-2)16-10(12(3,4)5)14-15-11(16)13/h9H,6-8H2,1-5H3. The van der Waals surface area contributed by atoms with Crippen molar-refractivity contribution in [2.75, 3.05) is 0 Å². The van der Waals surface area contributed by atoms with Gasteiger partial charge in [0.15, 0.2) is 0 Å². The molecule has 16 heavy (non-hydrogen) atoms. The van der Waals surface area contributed by atoms with Crippen LogP contribution < -0.4 is 0 Å². The Kier molecular flexibility index (Phi) is 4.36. The Bertz CT molecular complexity index is 339. The summed E-state index contributed by atoms with van der Waals surface area (Å²) in [7, 11) is 0. The van der Waals surface area contributed by atoms with E-state index in [9.17, 15) is 0 Å². The zero-order valence-corrected chi connectivity index (χ0v) is 11.7. The lowest BCUT2D eigenvalue weighted by atomic mass is 9.95. The van der Waals surface area contributed by atoms with Crippen LogP contribution in [-0.2, 0) is 5.41 Å². The van der Waals surface area contributed by atoms with E-state index < -0.39 is 0 Å². The van der Waals surface area contributed by atoms with Crippen LogP contribution in [0.15, 0.2) is 0 Å². The van der Waals surface area contributed by atoms with E-state index in [1.165, 1.54) is 0 Å². The highest BCUT2D eigenvalue weighted by Crippen LogP contribution is 2.29. The van der Waals surface area contributed by atoms with Crippen molar-refractivity contribution in [3.63, 3.8) is 0 Å². The summed E-state index contributed by atoms with van der Waals surface area (Å²) >= 11 is 6.15. The van der Waals surface area contributed by atoms with Crippen molar-refractivity contribution >= 4 is 11.6 Å². The molecule has 0 amide bonds. The summed E-state index contributed by atoms with van der Waals surface area (Å²) in [5.41, 5.74) is -0.0126. The highest BCUT2D eigenvalue weighted by molar-refractivity contribution is 6.28. The fraction of sp³-hybridized carbons (Fsp3) is 0.833. The van der Waals surface area contributed by atoms with Crippen LogP contribution in [0.4, 0.5) is 0 Å². The minimum absolute atomic E-state index is 0.0126. The minimum atomic E-state index is -0.0126. The third-order valence-electron chi connectivity index (χ3n) is 2.78. The van der Waals surface area contributed by atoms with Crippen molar-refractivity contribution in [1.29, 1.82) is 0 Å². The largest absolute Gasteiger partial charge is 0.298 e. The second-order valence-corrected chi connectivity index (χ2v) is 5.60. The summed E-state index contributed by atoms with van der Waals surface area (Å²) in [5.74, 6) is 0.984. The molecule has 0 fully saturated rings. The summed E-state index contributed by atoms with van der Waals surface area (Å²) in [4.78, 5) is 0. The molecular formula is C12H22ClN3. The summed E-state index contributed by atoms with van der Waals surface area (Å²) in [6.45, 7) is 10.8. The Balaban J connectivity index is 3.14. The lowest BCUT2D eigenvalue weighted by molar-refractivity contribution is 0.399. The monoisotopic (exact) mass is 243 g/mol. The number of halogens is 1. The van der Waals surface area contributed by atoms with E-state index in [4.69, 9.17) is 11.6 Å². The molecule has 1 heterocycles. The van der Waals surface area contributed by atoms with Gasteiger partial charge in [0.05, 0.1) is 0 Å². The Morgan fingerprint density at radius 1 is 1.25 bits per heavy atom. The second-order valence-electron chi connectivity index (χ2n) is 5.26. The Hall–Kier alpha value is -0.570. The normalized spacial score (nSPS) is 14.1. The van der Waals surface area contributed by atoms with Crippen molar-refractivity contribution < 1.29 is 0 Å². The number of rotatable bonds is 4. The van der Waals surface area contributed by atoms with Gasteiger partial charge in [-0.1, -0.05) is 41.0 Å². The van der Waals surface area contributed by atoms with Crippen molar-refractivity contribution in [1.82, 2.24) is 14.8 Å². The number of hydrogen-bond acceptors (Lipinski definition) is 2. The van der Waals surface area contributed by atoms with Crippen LogP contribution in [-0.4, -0.2) is 14.8 Å². The predicted octanol–water partition coefficient (Wildman–Crippen LogP) is 3.98. The summed E-state index contributed by atoms with van der Waals surface area (Å²) < 4.78 is 2.10. The fourth-order valence-corrected chi connectivity index (χ4v) is 2.21. The summed E-state index contributed by atoms with van der Waals surface area (Å²) in [6, 6.07) is 0.418. The minimum Gasteiger partial charge on any atom is -0.298 e. The van der Waals surface area contributed by atoms with Crippen molar-refractivity contribution in [2.45, 2.75) is 65.3 Å². The molecule has 1 aromatic rings. The van der Waals surface area contributed by atoms with Crippen LogP contribution in [0, 0.1) is 0 Å². The molecule has 0 spiro atoms. The van der Waals surface area contributed by atoms with E-state index in [1.54, 1.807) is 0 Å². The van der Waals surface area contributed by atoms with Crippen LogP contribution in [0.5, 0.6) is 0 Å². The molecule has 0 saturated carbocycles. The van der Waals surface area contributed by atoms with Crippen molar-refractivity contribution in [3.05, 3.63) is 11.1 Å². The molecule has 1 aromatic heterocycles. The zero-order valence-electron chi connectivity index (χ0n) is 10.9. The Morgan fingerprint density at radius 2 is 1.88 bits per heavy atom. The molecular weight excluding hydrogens is 222 g/mol. The van der Waals surface area contributed by atoms with Gasteiger partial charge < -0.3 is 0 Å². The van der Waals surface area contributed by atoms with Gasteiger partial charge in [0, 0.05) is 11.5 Å². The lowest BCUT2D eigenvalue weighted by Crippen LogP contribution is -2.22. The quantitative estimate of drug-likeness (QED) is 0.801. The molecule has 0 aliphatic carbocycles. The molecule has 0 aromatic carbocycles. The van der Waals surface area contributed by atoms with Crippen LogP contribution >= 0.6 is 11.6 Å². The van der Waals surface area contributed by atoms with E-state index in [0.29, 0.717) is 11.3 Å². The molecule has 0 saturated heterocycles. The molecule has 1 unspecified atom stereocenters. The molecule has 0 aliphatic rings. The van der Waals surface area contributed by atoms with Crippen LogP contribution in [0.1, 0.15) is 65.7 Å². The highest BCUT2D eigenvalue weighted by atomic mass is 35.5. The molecule has 0 radical (unpaired) electrons. The van der Waals surface area contributed by atoms with E-state index in [-0.39, 0.29) is 5.41 Å². The maximum Gasteiger partial charge on any atom is 0.225 e. The fourth-order valence-electron chi connectivity index (χ4n) is 1.96. The zero-order chi connectivity index (χ0) is 12.3. The molecule has 4 heteroatoms. The first-order chi connectivity index (χ1) is 7.41. The topological polar surface area (TPSA) is 30.7 Å². The van der Waals surface area contributed by atoms with Gasteiger partial charge in [-0.2, -0.15) is 0 Å². The highest BCUT2D eigenvalue weighted by Gasteiger charge is 2.26. The number of hydrogen-bond donors (Lipinski definition) is 0. The predicted molar refractivity (Wildman–Crippen MR) is 68.0 cm³/mol. The summed E-state index contributed by atoms with van der Waals surface area (Å²) in [6.07, 6.45) is 3.34. The van der Waals surface area contributed by atoms with Gasteiger partial charge in [-0.15, -0.1) is 10.2 Å². The first kappa shape index (κ1) is 13.5. The van der Waals surface area contributed by atoms with Gasteiger partial charge in [0.1, 0.15) is 5.82 Å².